The Balaban J connectivity index is 1.61. The molecule has 0 radical (unpaired) electrons. The van der Waals surface area contributed by atoms with Crippen LogP contribution in [-0.2, 0) is 20.0 Å². The van der Waals surface area contributed by atoms with E-state index in [4.69, 9.17) is 23.2 Å². The van der Waals surface area contributed by atoms with Gasteiger partial charge in [-0.2, -0.15) is 26.3 Å². The minimum Gasteiger partial charge on any atom is -0.342 e. The molecule has 2 aromatic rings. The molecule has 3 amide bonds. The maximum absolute atomic E-state index is 14.4. The highest BCUT2D eigenvalue weighted by atomic mass is 35.5. The van der Waals surface area contributed by atoms with Gasteiger partial charge in [-0.05, 0) is 25.0 Å². The molecule has 2 aliphatic heterocycles. The van der Waals surface area contributed by atoms with Crippen molar-refractivity contribution < 1.29 is 40.7 Å². The second-order valence-electron chi connectivity index (χ2n) is 8.12. The molecule has 2 N–H and O–H groups in total. The quantitative estimate of drug-likeness (QED) is 0.573. The van der Waals surface area contributed by atoms with Crippen molar-refractivity contribution in [2.24, 2.45) is 5.92 Å². The first kappa shape index (κ1) is 25.4. The van der Waals surface area contributed by atoms with E-state index >= 15 is 0 Å². The van der Waals surface area contributed by atoms with Crippen LogP contribution in [-0.4, -0.2) is 57.6 Å². The third kappa shape index (κ3) is 4.37. The van der Waals surface area contributed by atoms with Crippen molar-refractivity contribution in [1.29, 1.82) is 0 Å². The molecular formula is C19H15Cl2F6N5O3. The van der Waals surface area contributed by atoms with Crippen molar-refractivity contribution in [2.45, 2.75) is 37.3 Å². The summed E-state index contributed by atoms with van der Waals surface area (Å²) in [5.74, 6) is -5.53. The van der Waals surface area contributed by atoms with Crippen LogP contribution >= 0.6 is 23.2 Å². The molecule has 35 heavy (non-hydrogen) atoms. The van der Waals surface area contributed by atoms with E-state index in [0.717, 1.165) is 11.0 Å². The molecule has 1 unspecified atom stereocenters. The highest BCUT2D eigenvalue weighted by Gasteiger charge is 2.68. The predicted molar refractivity (Wildman–Crippen MR) is 111 cm³/mol. The SMILES string of the molecule is O=C(NC1(C(F)(F)F)C(=O)Nc2nc3cc(Cl)c(Cl)cc3n21)C1CCN(C(=O)CC(F)(F)F)CC1. The molecule has 0 spiro atoms. The summed E-state index contributed by atoms with van der Waals surface area (Å²) < 4.78 is 81.2. The highest BCUT2D eigenvalue weighted by Crippen LogP contribution is 2.45. The maximum Gasteiger partial charge on any atom is 0.440 e. The largest absolute Gasteiger partial charge is 0.440 e. The third-order valence-corrected chi connectivity index (χ3v) is 6.59. The molecule has 1 saturated heterocycles. The van der Waals surface area contributed by atoms with E-state index in [1.54, 1.807) is 5.32 Å². The van der Waals surface area contributed by atoms with E-state index in [2.05, 4.69) is 4.98 Å². The van der Waals surface area contributed by atoms with Crippen molar-refractivity contribution in [3.8, 4) is 0 Å². The predicted octanol–water partition coefficient (Wildman–Crippen LogP) is 3.82. The minimum absolute atomic E-state index is 0.00995. The van der Waals surface area contributed by atoms with E-state index in [-0.39, 0.29) is 47.0 Å². The van der Waals surface area contributed by atoms with Gasteiger partial charge in [0, 0.05) is 19.0 Å². The number of piperidine rings is 1. The number of carbonyl (C=O) groups excluding carboxylic acids is 3. The highest BCUT2D eigenvalue weighted by molar-refractivity contribution is 6.42. The fourth-order valence-electron chi connectivity index (χ4n) is 4.18. The molecule has 3 heterocycles. The Morgan fingerprint density at radius 3 is 2.29 bits per heavy atom. The molecule has 2 aliphatic rings. The number of rotatable bonds is 3. The number of likely N-dealkylation sites (tertiary alicyclic amines) is 1. The lowest BCUT2D eigenvalue weighted by molar-refractivity contribution is -0.218. The van der Waals surface area contributed by atoms with Gasteiger partial charge in [0.2, 0.25) is 17.8 Å². The van der Waals surface area contributed by atoms with E-state index < -0.39 is 54.0 Å². The Morgan fingerprint density at radius 1 is 1.11 bits per heavy atom. The molecule has 8 nitrogen and oxygen atoms in total. The molecule has 190 valence electrons. The molecular weight excluding hydrogens is 531 g/mol. The summed E-state index contributed by atoms with van der Waals surface area (Å²) in [6.07, 6.45) is -12.1. The molecule has 1 fully saturated rings. The van der Waals surface area contributed by atoms with E-state index in [9.17, 15) is 40.7 Å². The Hall–Kier alpha value is -2.74. The summed E-state index contributed by atoms with van der Waals surface area (Å²) in [7, 11) is 0. The van der Waals surface area contributed by atoms with Crippen molar-refractivity contribution >= 4 is 57.9 Å². The zero-order chi connectivity index (χ0) is 25.9. The fourth-order valence-corrected chi connectivity index (χ4v) is 4.50. The number of amides is 3. The Morgan fingerprint density at radius 2 is 1.71 bits per heavy atom. The Kier molecular flexibility index (Phi) is 6.11. The van der Waals surface area contributed by atoms with Crippen LogP contribution in [0.25, 0.3) is 11.0 Å². The summed E-state index contributed by atoms with van der Waals surface area (Å²) in [4.78, 5) is 42.1. The van der Waals surface area contributed by atoms with Crippen LogP contribution in [0.5, 0.6) is 0 Å². The first-order valence-electron chi connectivity index (χ1n) is 10.1. The van der Waals surface area contributed by atoms with Crippen LogP contribution in [0.2, 0.25) is 10.0 Å². The number of benzene rings is 1. The number of nitrogens with one attached hydrogen (secondary N) is 2. The monoisotopic (exact) mass is 545 g/mol. The molecule has 16 heteroatoms. The zero-order valence-electron chi connectivity index (χ0n) is 17.4. The maximum atomic E-state index is 14.4. The topological polar surface area (TPSA) is 96.3 Å². The second-order valence-corrected chi connectivity index (χ2v) is 8.94. The summed E-state index contributed by atoms with van der Waals surface area (Å²) in [6, 6.07) is 2.28. The summed E-state index contributed by atoms with van der Waals surface area (Å²) in [5.41, 5.74) is -3.80. The molecule has 0 bridgehead atoms. The first-order chi connectivity index (χ1) is 16.1. The van der Waals surface area contributed by atoms with Gasteiger partial charge in [0.25, 0.3) is 11.6 Å². The van der Waals surface area contributed by atoms with Crippen LogP contribution in [0.4, 0.5) is 32.3 Å². The van der Waals surface area contributed by atoms with Gasteiger partial charge in [0.15, 0.2) is 0 Å². The number of imidazole rings is 1. The van der Waals surface area contributed by atoms with Crippen LogP contribution in [0.3, 0.4) is 0 Å². The normalized spacial score (nSPS) is 21.3. The summed E-state index contributed by atoms with van der Waals surface area (Å²) in [6.45, 7) is -0.517. The molecule has 4 rings (SSSR count). The Labute approximate surface area is 202 Å². The second kappa shape index (κ2) is 8.43. The lowest BCUT2D eigenvalue weighted by Crippen LogP contribution is -2.64. The molecule has 0 aliphatic carbocycles. The molecule has 1 aromatic carbocycles. The van der Waals surface area contributed by atoms with Crippen molar-refractivity contribution in [1.82, 2.24) is 19.8 Å². The molecule has 1 aromatic heterocycles. The standard InChI is InChI=1S/C19H15Cl2F6N5O3/c20-9-5-11-12(6-10(9)21)32-16(28-11)29-15(35)18(32,19(25,26)27)30-14(34)8-1-3-31(4-2-8)13(33)7-17(22,23)24/h5-6,8H,1-4,7H2,(H,30,34)(H,28,29,35). The lowest BCUT2D eigenvalue weighted by atomic mass is 9.94. The van der Waals surface area contributed by atoms with Gasteiger partial charge in [-0.25, -0.2) is 4.98 Å². The number of carbonyl (C=O) groups is 3. The van der Waals surface area contributed by atoms with Crippen LogP contribution in [0.1, 0.15) is 19.3 Å². The fraction of sp³-hybridized carbons (Fsp3) is 0.474. The van der Waals surface area contributed by atoms with Gasteiger partial charge in [0.05, 0.1) is 21.1 Å². The number of alkyl halides is 6. The van der Waals surface area contributed by atoms with E-state index in [0.29, 0.717) is 4.57 Å². The van der Waals surface area contributed by atoms with E-state index in [1.165, 1.54) is 6.07 Å². The Bertz CT molecular complexity index is 1220. The van der Waals surface area contributed by atoms with Crippen LogP contribution in [0, 0.1) is 5.92 Å². The van der Waals surface area contributed by atoms with Gasteiger partial charge in [0.1, 0.15) is 6.42 Å². The van der Waals surface area contributed by atoms with E-state index in [1.807, 2.05) is 5.32 Å². The van der Waals surface area contributed by atoms with Gasteiger partial charge >= 0.3 is 12.4 Å². The van der Waals surface area contributed by atoms with Crippen molar-refractivity contribution in [3.05, 3.63) is 22.2 Å². The van der Waals surface area contributed by atoms with Gasteiger partial charge in [-0.15, -0.1) is 0 Å². The van der Waals surface area contributed by atoms with Crippen LogP contribution < -0.4 is 10.6 Å². The van der Waals surface area contributed by atoms with Gasteiger partial charge < -0.3 is 10.2 Å². The number of fused-ring (bicyclic) bond motifs is 3. The number of hydrogen-bond donors (Lipinski definition) is 2. The number of hydrogen-bond acceptors (Lipinski definition) is 4. The number of anilines is 1. The molecule has 0 saturated carbocycles. The summed E-state index contributed by atoms with van der Waals surface area (Å²) >= 11 is 11.9. The van der Waals surface area contributed by atoms with Crippen molar-refractivity contribution in [2.75, 3.05) is 18.4 Å². The smallest absolute Gasteiger partial charge is 0.342 e. The van der Waals surface area contributed by atoms with Gasteiger partial charge in [-0.1, -0.05) is 23.2 Å². The number of halogens is 8. The average Bonchev–Trinajstić information content (AvgIpc) is 3.20. The minimum atomic E-state index is -5.33. The number of aromatic nitrogens is 2. The average molecular weight is 546 g/mol. The van der Waals surface area contributed by atoms with Crippen LogP contribution in [0.15, 0.2) is 12.1 Å². The van der Waals surface area contributed by atoms with Gasteiger partial charge in [-0.3, -0.25) is 24.3 Å². The molecule has 1 atom stereocenters. The van der Waals surface area contributed by atoms with Crippen molar-refractivity contribution in [3.63, 3.8) is 0 Å². The first-order valence-corrected chi connectivity index (χ1v) is 10.8. The summed E-state index contributed by atoms with van der Waals surface area (Å²) in [5, 5.41) is 3.70. The third-order valence-electron chi connectivity index (χ3n) is 5.87. The number of nitrogens with zero attached hydrogens (tertiary/aromatic N) is 3. The lowest BCUT2D eigenvalue weighted by Gasteiger charge is -2.36. The zero-order valence-corrected chi connectivity index (χ0v) is 18.9.